The Hall–Kier alpha value is -1.95. The quantitative estimate of drug-likeness (QED) is 0.783. The van der Waals surface area contributed by atoms with E-state index in [4.69, 9.17) is 32.7 Å². The molecule has 0 aliphatic carbocycles. The first kappa shape index (κ1) is 19.4. The number of likely N-dealkylation sites (N-methyl/N-ethyl adjacent to an activating group) is 1. The molecule has 0 heterocycles. The largest absolute Gasteiger partial charge is 0.497 e. The van der Waals surface area contributed by atoms with E-state index < -0.39 is 0 Å². The average molecular weight is 383 g/mol. The molecule has 0 unspecified atom stereocenters. The Morgan fingerprint density at radius 1 is 1.08 bits per heavy atom. The number of hydrogen-bond donors (Lipinski definition) is 1. The third-order valence-electron chi connectivity index (χ3n) is 3.53. The van der Waals surface area contributed by atoms with Gasteiger partial charge in [0.1, 0.15) is 11.5 Å². The minimum absolute atomic E-state index is 0.147. The predicted octanol–water partition coefficient (Wildman–Crippen LogP) is 4.08. The molecule has 134 valence electrons. The van der Waals surface area contributed by atoms with E-state index in [1.54, 1.807) is 44.6 Å². The van der Waals surface area contributed by atoms with Gasteiger partial charge in [-0.3, -0.25) is 9.69 Å². The van der Waals surface area contributed by atoms with E-state index in [1.807, 2.05) is 18.0 Å². The van der Waals surface area contributed by atoms with Gasteiger partial charge < -0.3 is 14.8 Å². The highest BCUT2D eigenvalue weighted by Crippen LogP contribution is 2.29. The van der Waals surface area contributed by atoms with Crippen molar-refractivity contribution in [3.63, 3.8) is 0 Å². The Morgan fingerprint density at radius 2 is 1.84 bits per heavy atom. The van der Waals surface area contributed by atoms with Crippen LogP contribution in [0.1, 0.15) is 5.56 Å². The van der Waals surface area contributed by atoms with Crippen LogP contribution in [0, 0.1) is 0 Å². The number of nitrogens with zero attached hydrogens (tertiary/aromatic N) is 1. The number of halogens is 2. The lowest BCUT2D eigenvalue weighted by Gasteiger charge is -2.17. The first-order valence-corrected chi connectivity index (χ1v) is 8.33. The molecule has 1 amide bonds. The number of methoxy groups -OCH3 is 2. The number of carbonyl (C=O) groups is 1. The van der Waals surface area contributed by atoms with Crippen LogP contribution in [0.25, 0.3) is 0 Å². The summed E-state index contributed by atoms with van der Waals surface area (Å²) in [7, 11) is 4.97. The zero-order chi connectivity index (χ0) is 18.4. The molecule has 7 heteroatoms. The molecule has 0 atom stereocenters. The summed E-state index contributed by atoms with van der Waals surface area (Å²) in [6.07, 6.45) is 0. The Morgan fingerprint density at radius 3 is 2.48 bits per heavy atom. The summed E-state index contributed by atoms with van der Waals surface area (Å²) < 4.78 is 10.4. The van der Waals surface area contributed by atoms with Crippen molar-refractivity contribution in [3.8, 4) is 11.5 Å². The monoisotopic (exact) mass is 382 g/mol. The topological polar surface area (TPSA) is 50.8 Å². The zero-order valence-corrected chi connectivity index (χ0v) is 15.8. The fourth-order valence-electron chi connectivity index (χ4n) is 2.34. The summed E-state index contributed by atoms with van der Waals surface area (Å²) in [6.45, 7) is 0.791. The van der Waals surface area contributed by atoms with Crippen molar-refractivity contribution in [2.75, 3.05) is 33.1 Å². The molecule has 0 bridgehead atoms. The SMILES string of the molecule is COc1ccc(NC(=O)CN(C)Cc2ccc(Cl)c(Cl)c2)c(OC)c1. The third kappa shape index (κ3) is 5.53. The van der Waals surface area contributed by atoms with Gasteiger partial charge in [0, 0.05) is 12.6 Å². The number of ether oxygens (including phenoxy) is 2. The van der Waals surface area contributed by atoms with Gasteiger partial charge in [0.2, 0.25) is 5.91 Å². The smallest absolute Gasteiger partial charge is 0.238 e. The van der Waals surface area contributed by atoms with Gasteiger partial charge in [0.05, 0.1) is 36.5 Å². The van der Waals surface area contributed by atoms with Gasteiger partial charge in [0.25, 0.3) is 0 Å². The molecule has 2 aromatic carbocycles. The molecule has 0 saturated carbocycles. The summed E-state index contributed by atoms with van der Waals surface area (Å²) in [4.78, 5) is 14.1. The van der Waals surface area contributed by atoms with Crippen LogP contribution in [0.4, 0.5) is 5.69 Å². The standard InChI is InChI=1S/C18H20Cl2N2O3/c1-22(10-12-4-6-14(19)15(20)8-12)11-18(23)21-16-7-5-13(24-2)9-17(16)25-3/h4-9H,10-11H2,1-3H3,(H,21,23). The normalized spacial score (nSPS) is 10.6. The number of anilines is 1. The van der Waals surface area contributed by atoms with E-state index >= 15 is 0 Å². The fraction of sp³-hybridized carbons (Fsp3) is 0.278. The second-order valence-corrected chi connectivity index (χ2v) is 6.35. The Balaban J connectivity index is 1.96. The first-order valence-electron chi connectivity index (χ1n) is 7.57. The Kier molecular flexibility index (Phi) is 6.93. The van der Waals surface area contributed by atoms with Crippen LogP contribution in [0.2, 0.25) is 10.0 Å². The summed E-state index contributed by atoms with van der Waals surface area (Å²) in [5.74, 6) is 1.05. The molecule has 0 aromatic heterocycles. The Labute approximate surface area is 157 Å². The first-order chi connectivity index (χ1) is 11.9. The number of benzene rings is 2. The molecule has 0 radical (unpaired) electrons. The molecule has 5 nitrogen and oxygen atoms in total. The van der Waals surface area contributed by atoms with Crippen molar-refractivity contribution in [1.82, 2.24) is 4.90 Å². The number of carbonyl (C=O) groups excluding carboxylic acids is 1. The van der Waals surface area contributed by atoms with Crippen molar-refractivity contribution in [2.24, 2.45) is 0 Å². The molecule has 0 spiro atoms. The average Bonchev–Trinajstić information content (AvgIpc) is 2.58. The molecule has 1 N–H and O–H groups in total. The van der Waals surface area contributed by atoms with Gasteiger partial charge in [0.15, 0.2) is 0 Å². The summed E-state index contributed by atoms with van der Waals surface area (Å²) in [5.41, 5.74) is 1.57. The van der Waals surface area contributed by atoms with Crippen LogP contribution in [-0.4, -0.2) is 38.6 Å². The molecule has 0 aliphatic rings. The van der Waals surface area contributed by atoms with Crippen LogP contribution in [0.15, 0.2) is 36.4 Å². The van der Waals surface area contributed by atoms with Crippen molar-refractivity contribution in [3.05, 3.63) is 52.0 Å². The maximum absolute atomic E-state index is 12.3. The van der Waals surface area contributed by atoms with Gasteiger partial charge in [-0.25, -0.2) is 0 Å². The number of rotatable bonds is 7. The summed E-state index contributed by atoms with van der Waals surface area (Å²) >= 11 is 11.9. The third-order valence-corrected chi connectivity index (χ3v) is 4.27. The lowest BCUT2D eigenvalue weighted by molar-refractivity contribution is -0.117. The fourth-order valence-corrected chi connectivity index (χ4v) is 2.66. The highest BCUT2D eigenvalue weighted by Gasteiger charge is 2.12. The van der Waals surface area contributed by atoms with E-state index in [1.165, 1.54) is 0 Å². The highest BCUT2D eigenvalue weighted by molar-refractivity contribution is 6.42. The molecule has 0 aliphatic heterocycles. The predicted molar refractivity (Wildman–Crippen MR) is 101 cm³/mol. The molecule has 0 fully saturated rings. The second kappa shape index (κ2) is 8.94. The number of nitrogens with one attached hydrogen (secondary N) is 1. The van der Waals surface area contributed by atoms with Gasteiger partial charge >= 0.3 is 0 Å². The number of amides is 1. The van der Waals surface area contributed by atoms with Crippen molar-refractivity contribution in [2.45, 2.75) is 6.54 Å². The van der Waals surface area contributed by atoms with Crippen molar-refractivity contribution in [1.29, 1.82) is 0 Å². The number of hydrogen-bond acceptors (Lipinski definition) is 4. The summed E-state index contributed by atoms with van der Waals surface area (Å²) in [6, 6.07) is 10.6. The van der Waals surface area contributed by atoms with Gasteiger partial charge in [-0.1, -0.05) is 29.3 Å². The minimum Gasteiger partial charge on any atom is -0.497 e. The van der Waals surface area contributed by atoms with Gasteiger partial charge in [-0.05, 0) is 36.9 Å². The second-order valence-electron chi connectivity index (χ2n) is 5.54. The van der Waals surface area contributed by atoms with Crippen LogP contribution < -0.4 is 14.8 Å². The van der Waals surface area contributed by atoms with Crippen LogP contribution in [0.5, 0.6) is 11.5 Å². The van der Waals surface area contributed by atoms with Crippen LogP contribution in [-0.2, 0) is 11.3 Å². The lowest BCUT2D eigenvalue weighted by atomic mass is 10.2. The van der Waals surface area contributed by atoms with Crippen LogP contribution in [0.3, 0.4) is 0 Å². The lowest BCUT2D eigenvalue weighted by Crippen LogP contribution is -2.30. The summed E-state index contributed by atoms with van der Waals surface area (Å²) in [5, 5.41) is 3.85. The zero-order valence-electron chi connectivity index (χ0n) is 14.3. The van der Waals surface area contributed by atoms with Crippen molar-refractivity contribution >= 4 is 34.8 Å². The molecular weight excluding hydrogens is 363 g/mol. The van der Waals surface area contributed by atoms with E-state index in [2.05, 4.69) is 5.32 Å². The molecule has 0 saturated heterocycles. The minimum atomic E-state index is -0.147. The van der Waals surface area contributed by atoms with Gasteiger partial charge in [-0.2, -0.15) is 0 Å². The van der Waals surface area contributed by atoms with Gasteiger partial charge in [-0.15, -0.1) is 0 Å². The van der Waals surface area contributed by atoms with E-state index in [-0.39, 0.29) is 12.5 Å². The Bertz CT molecular complexity index is 753. The maximum atomic E-state index is 12.3. The highest BCUT2D eigenvalue weighted by atomic mass is 35.5. The molecule has 2 rings (SSSR count). The maximum Gasteiger partial charge on any atom is 0.238 e. The van der Waals surface area contributed by atoms with E-state index in [0.717, 1.165) is 5.56 Å². The van der Waals surface area contributed by atoms with Crippen LogP contribution >= 0.6 is 23.2 Å². The molecule has 25 heavy (non-hydrogen) atoms. The van der Waals surface area contributed by atoms with E-state index in [0.29, 0.717) is 33.8 Å². The molecule has 2 aromatic rings. The van der Waals surface area contributed by atoms with Crippen molar-refractivity contribution < 1.29 is 14.3 Å². The van der Waals surface area contributed by atoms with E-state index in [9.17, 15) is 4.79 Å². The molecular formula is C18H20Cl2N2O3.